The summed E-state index contributed by atoms with van der Waals surface area (Å²) < 4.78 is 0. The Morgan fingerprint density at radius 2 is 2.05 bits per heavy atom. The summed E-state index contributed by atoms with van der Waals surface area (Å²) in [6.45, 7) is 3.32. The maximum atomic E-state index is 11.9. The summed E-state index contributed by atoms with van der Waals surface area (Å²) in [5.74, 6) is -1.57. The van der Waals surface area contributed by atoms with Crippen molar-refractivity contribution in [2.75, 3.05) is 5.32 Å². The van der Waals surface area contributed by atoms with Gasteiger partial charge in [0.2, 0.25) is 5.91 Å². The Morgan fingerprint density at radius 1 is 1.40 bits per heavy atom. The first-order chi connectivity index (χ1) is 9.23. The molecule has 106 valence electrons. The monoisotopic (exact) mass is 293 g/mol. The van der Waals surface area contributed by atoms with Gasteiger partial charge >= 0.3 is 0 Å². The van der Waals surface area contributed by atoms with Gasteiger partial charge in [0.05, 0.1) is 11.3 Å². The van der Waals surface area contributed by atoms with Gasteiger partial charge in [-0.3, -0.25) is 4.79 Å². The second kappa shape index (κ2) is 6.40. The van der Waals surface area contributed by atoms with Gasteiger partial charge in [-0.1, -0.05) is 25.4 Å². The summed E-state index contributed by atoms with van der Waals surface area (Å²) in [6, 6.07) is 6.47. The molecule has 0 fully saturated rings. The Kier molecular flexibility index (Phi) is 5.12. The average Bonchev–Trinajstić information content (AvgIpc) is 2.28. The number of anilines is 1. The minimum Gasteiger partial charge on any atom is -0.550 e. The third-order valence-corrected chi connectivity index (χ3v) is 2.87. The molecule has 1 N–H and O–H groups in total. The summed E-state index contributed by atoms with van der Waals surface area (Å²) in [6.07, 6.45) is -0.208. The molecule has 6 heteroatoms. The van der Waals surface area contributed by atoms with Crippen LogP contribution >= 0.6 is 11.6 Å². The molecule has 5 nitrogen and oxygen atoms in total. The Balaban J connectivity index is 2.77. The van der Waals surface area contributed by atoms with Gasteiger partial charge in [0.25, 0.3) is 0 Å². The number of nitriles is 1. The molecule has 1 rings (SSSR count). The van der Waals surface area contributed by atoms with E-state index in [2.05, 4.69) is 5.32 Å². The van der Waals surface area contributed by atoms with Crippen LogP contribution in [0.15, 0.2) is 18.2 Å². The lowest BCUT2D eigenvalue weighted by Gasteiger charge is -2.24. The van der Waals surface area contributed by atoms with E-state index in [1.807, 2.05) is 6.07 Å². The molecule has 0 unspecified atom stereocenters. The van der Waals surface area contributed by atoms with E-state index < -0.39 is 11.4 Å². The van der Waals surface area contributed by atoms with Crippen molar-refractivity contribution in [3.8, 4) is 6.07 Å². The molecule has 0 aromatic heterocycles. The number of carbonyl (C=O) groups excluding carboxylic acids is 2. The lowest BCUT2D eigenvalue weighted by molar-refractivity contribution is -0.307. The number of benzene rings is 1. The van der Waals surface area contributed by atoms with Crippen LogP contribution in [0.4, 0.5) is 5.69 Å². The van der Waals surface area contributed by atoms with Gasteiger partial charge in [0, 0.05) is 17.4 Å². The first-order valence-corrected chi connectivity index (χ1v) is 6.31. The Hall–Kier alpha value is -2.06. The van der Waals surface area contributed by atoms with Gasteiger partial charge in [-0.25, -0.2) is 0 Å². The highest BCUT2D eigenvalue weighted by Gasteiger charge is 2.22. The second-order valence-corrected chi connectivity index (χ2v) is 5.68. The van der Waals surface area contributed by atoms with Crippen LogP contribution in [0, 0.1) is 16.7 Å². The van der Waals surface area contributed by atoms with Crippen molar-refractivity contribution < 1.29 is 14.7 Å². The van der Waals surface area contributed by atoms with Gasteiger partial charge in [0.15, 0.2) is 0 Å². The summed E-state index contributed by atoms with van der Waals surface area (Å²) in [7, 11) is 0. The van der Waals surface area contributed by atoms with Crippen molar-refractivity contribution in [3.05, 3.63) is 28.8 Å². The van der Waals surface area contributed by atoms with Crippen molar-refractivity contribution in [3.63, 3.8) is 0 Å². The van der Waals surface area contributed by atoms with Crippen LogP contribution in [0.1, 0.15) is 32.3 Å². The maximum absolute atomic E-state index is 11.9. The summed E-state index contributed by atoms with van der Waals surface area (Å²) in [4.78, 5) is 22.5. The van der Waals surface area contributed by atoms with Crippen LogP contribution in [0.3, 0.4) is 0 Å². The largest absolute Gasteiger partial charge is 0.550 e. The van der Waals surface area contributed by atoms with Crippen LogP contribution in [0.25, 0.3) is 0 Å². The molecule has 1 amide bonds. The molecule has 0 saturated carbocycles. The third-order valence-electron chi connectivity index (χ3n) is 2.64. The number of nitrogens with zero attached hydrogens (tertiary/aromatic N) is 1. The number of carboxylic acids is 1. The highest BCUT2D eigenvalue weighted by Crippen LogP contribution is 2.26. The Bertz CT molecular complexity index is 576. The molecule has 0 bridgehead atoms. The predicted molar refractivity (Wildman–Crippen MR) is 72.8 cm³/mol. The fourth-order valence-corrected chi connectivity index (χ4v) is 1.97. The molecular weight excluding hydrogens is 280 g/mol. The van der Waals surface area contributed by atoms with Crippen molar-refractivity contribution in [2.45, 2.75) is 26.7 Å². The van der Waals surface area contributed by atoms with Gasteiger partial charge in [-0.2, -0.15) is 5.26 Å². The van der Waals surface area contributed by atoms with Gasteiger partial charge < -0.3 is 15.2 Å². The highest BCUT2D eigenvalue weighted by molar-refractivity contribution is 6.30. The van der Waals surface area contributed by atoms with Gasteiger partial charge in [-0.05, 0) is 30.0 Å². The van der Waals surface area contributed by atoms with E-state index in [9.17, 15) is 14.7 Å². The number of carboxylic acid groups (broad SMARTS) is 1. The third kappa shape index (κ3) is 4.90. The number of amides is 1. The van der Waals surface area contributed by atoms with Crippen LogP contribution < -0.4 is 10.4 Å². The molecule has 0 aliphatic heterocycles. The minimum atomic E-state index is -1.20. The number of hydrogen-bond donors (Lipinski definition) is 1. The highest BCUT2D eigenvalue weighted by atomic mass is 35.5. The topological polar surface area (TPSA) is 93.0 Å². The van der Waals surface area contributed by atoms with Crippen LogP contribution in [0.2, 0.25) is 5.02 Å². The molecule has 1 aromatic carbocycles. The molecule has 0 atom stereocenters. The average molecular weight is 294 g/mol. The standard InChI is InChI=1S/C14H15ClN2O3/c1-14(2,7-13(19)20)6-12(18)17-11-4-3-10(15)5-9(11)8-16/h3-5H,6-7H2,1-2H3,(H,17,18)(H,19,20)/p-1. The van der Waals surface area contributed by atoms with Crippen molar-refractivity contribution in [1.82, 2.24) is 0 Å². The van der Waals surface area contributed by atoms with Crippen LogP contribution in [0.5, 0.6) is 0 Å². The molecule has 0 aliphatic carbocycles. The summed E-state index contributed by atoms with van der Waals surface area (Å²) in [5, 5.41) is 22.5. The zero-order valence-corrected chi connectivity index (χ0v) is 12.0. The fourth-order valence-electron chi connectivity index (χ4n) is 1.80. The number of hydrogen-bond acceptors (Lipinski definition) is 4. The predicted octanol–water partition coefficient (Wildman–Crippen LogP) is 1.71. The number of rotatable bonds is 5. The second-order valence-electron chi connectivity index (χ2n) is 5.24. The molecule has 0 spiro atoms. The lowest BCUT2D eigenvalue weighted by atomic mass is 9.85. The van der Waals surface area contributed by atoms with Crippen molar-refractivity contribution in [2.24, 2.45) is 5.41 Å². The Morgan fingerprint density at radius 3 is 2.60 bits per heavy atom. The zero-order valence-electron chi connectivity index (χ0n) is 11.2. The number of carbonyl (C=O) groups is 2. The number of nitrogens with one attached hydrogen (secondary N) is 1. The van der Waals surface area contributed by atoms with E-state index in [4.69, 9.17) is 16.9 Å². The van der Waals surface area contributed by atoms with Crippen molar-refractivity contribution in [1.29, 1.82) is 5.26 Å². The molecule has 0 radical (unpaired) electrons. The fraction of sp³-hybridized carbons (Fsp3) is 0.357. The molecule has 0 saturated heterocycles. The lowest BCUT2D eigenvalue weighted by Crippen LogP contribution is -2.31. The molecule has 1 aromatic rings. The van der Waals surface area contributed by atoms with Gasteiger partial charge in [-0.15, -0.1) is 0 Å². The summed E-state index contributed by atoms with van der Waals surface area (Å²) in [5.41, 5.74) is -0.114. The van der Waals surface area contributed by atoms with E-state index in [1.165, 1.54) is 12.1 Å². The summed E-state index contributed by atoms with van der Waals surface area (Å²) >= 11 is 5.76. The van der Waals surface area contributed by atoms with E-state index in [0.29, 0.717) is 10.7 Å². The molecule has 20 heavy (non-hydrogen) atoms. The van der Waals surface area contributed by atoms with Crippen LogP contribution in [-0.4, -0.2) is 11.9 Å². The van der Waals surface area contributed by atoms with Crippen molar-refractivity contribution >= 4 is 29.2 Å². The SMILES string of the molecule is CC(C)(CC(=O)[O-])CC(=O)Nc1ccc(Cl)cc1C#N. The van der Waals surface area contributed by atoms with Gasteiger partial charge in [0.1, 0.15) is 6.07 Å². The van der Waals surface area contributed by atoms with E-state index in [1.54, 1.807) is 19.9 Å². The molecular formula is C14H14ClN2O3-. The van der Waals surface area contributed by atoms with E-state index in [-0.39, 0.29) is 24.3 Å². The minimum absolute atomic E-state index is 0.00841. The first kappa shape index (κ1) is 16.0. The smallest absolute Gasteiger partial charge is 0.224 e. The first-order valence-electron chi connectivity index (χ1n) is 5.93. The Labute approximate surface area is 122 Å². The number of aliphatic carboxylic acids is 1. The number of halogens is 1. The van der Waals surface area contributed by atoms with E-state index >= 15 is 0 Å². The molecule has 0 heterocycles. The quantitative estimate of drug-likeness (QED) is 0.894. The maximum Gasteiger partial charge on any atom is 0.224 e. The van der Waals surface area contributed by atoms with E-state index in [0.717, 1.165) is 0 Å². The normalized spacial score (nSPS) is 10.7. The van der Waals surface area contributed by atoms with Crippen LogP contribution in [-0.2, 0) is 9.59 Å². The molecule has 0 aliphatic rings. The zero-order chi connectivity index (χ0) is 15.3.